The lowest BCUT2D eigenvalue weighted by Crippen LogP contribution is -2.32. The summed E-state index contributed by atoms with van der Waals surface area (Å²) >= 11 is 0. The largest absolute Gasteiger partial charge is 0.494 e. The number of rotatable bonds is 7. The van der Waals surface area contributed by atoms with E-state index in [4.69, 9.17) is 10.5 Å². The zero-order valence-corrected chi connectivity index (χ0v) is 13.6. The van der Waals surface area contributed by atoms with E-state index in [1.807, 2.05) is 30.3 Å². The second-order valence-electron chi connectivity index (χ2n) is 6.88. The third-order valence-electron chi connectivity index (χ3n) is 5.16. The highest BCUT2D eigenvalue weighted by Gasteiger charge is 2.30. The molecule has 1 fully saturated rings. The van der Waals surface area contributed by atoms with Crippen molar-refractivity contribution in [1.82, 2.24) is 0 Å². The van der Waals surface area contributed by atoms with Gasteiger partial charge >= 0.3 is 0 Å². The molecule has 1 aromatic carbocycles. The van der Waals surface area contributed by atoms with Gasteiger partial charge in [-0.05, 0) is 74.5 Å². The molecular weight excluding hydrogens is 258 g/mol. The van der Waals surface area contributed by atoms with Crippen molar-refractivity contribution in [2.24, 2.45) is 29.4 Å². The highest BCUT2D eigenvalue weighted by molar-refractivity contribution is 5.20. The minimum atomic E-state index is 0.733. The van der Waals surface area contributed by atoms with Crippen LogP contribution in [0.15, 0.2) is 30.3 Å². The maximum atomic E-state index is 5.98. The van der Waals surface area contributed by atoms with Gasteiger partial charge in [0.1, 0.15) is 5.75 Å². The first-order valence-corrected chi connectivity index (χ1v) is 8.58. The Hall–Kier alpha value is -1.02. The average Bonchev–Trinajstić information content (AvgIpc) is 2.52. The Morgan fingerprint density at radius 1 is 1.14 bits per heavy atom. The average molecular weight is 289 g/mol. The van der Waals surface area contributed by atoms with Gasteiger partial charge in [-0.15, -0.1) is 0 Å². The molecule has 0 radical (unpaired) electrons. The van der Waals surface area contributed by atoms with Crippen LogP contribution in [0.4, 0.5) is 0 Å². The molecule has 0 bridgehead atoms. The second-order valence-corrected chi connectivity index (χ2v) is 6.88. The lowest BCUT2D eigenvalue weighted by atomic mass is 9.69. The van der Waals surface area contributed by atoms with E-state index in [2.05, 4.69) is 13.8 Å². The van der Waals surface area contributed by atoms with Gasteiger partial charge in [0.15, 0.2) is 0 Å². The van der Waals surface area contributed by atoms with E-state index in [0.29, 0.717) is 0 Å². The second kappa shape index (κ2) is 8.43. The predicted molar refractivity (Wildman–Crippen MR) is 89.4 cm³/mol. The minimum Gasteiger partial charge on any atom is -0.494 e. The summed E-state index contributed by atoms with van der Waals surface area (Å²) in [6, 6.07) is 10.1. The van der Waals surface area contributed by atoms with Crippen molar-refractivity contribution in [3.8, 4) is 5.75 Å². The van der Waals surface area contributed by atoms with E-state index in [-0.39, 0.29) is 0 Å². The van der Waals surface area contributed by atoms with E-state index in [1.165, 1.54) is 25.7 Å². The van der Waals surface area contributed by atoms with E-state index < -0.39 is 0 Å². The van der Waals surface area contributed by atoms with Crippen molar-refractivity contribution < 1.29 is 4.74 Å². The summed E-state index contributed by atoms with van der Waals surface area (Å²) in [5.41, 5.74) is 5.98. The van der Waals surface area contributed by atoms with Crippen LogP contribution < -0.4 is 10.5 Å². The van der Waals surface area contributed by atoms with E-state index in [1.54, 1.807) is 0 Å². The van der Waals surface area contributed by atoms with Crippen LogP contribution in [-0.4, -0.2) is 13.2 Å². The van der Waals surface area contributed by atoms with Crippen LogP contribution in [0.5, 0.6) is 5.75 Å². The molecule has 3 atom stereocenters. The first kappa shape index (κ1) is 16.4. The van der Waals surface area contributed by atoms with Crippen molar-refractivity contribution in [1.29, 1.82) is 0 Å². The van der Waals surface area contributed by atoms with Crippen LogP contribution in [0.25, 0.3) is 0 Å². The van der Waals surface area contributed by atoms with Crippen molar-refractivity contribution in [2.45, 2.75) is 46.0 Å². The molecular formula is C19H31NO. The number of benzene rings is 1. The first-order chi connectivity index (χ1) is 10.2. The van der Waals surface area contributed by atoms with Gasteiger partial charge in [-0.1, -0.05) is 32.0 Å². The van der Waals surface area contributed by atoms with Crippen molar-refractivity contribution in [3.05, 3.63) is 30.3 Å². The Labute approximate surface area is 130 Å². The standard InChI is InChI=1S/C19H31NO/c1-15(2)16-10-11-18(14-20)17(13-16)7-6-12-21-19-8-4-3-5-9-19/h3-5,8-9,15-18H,6-7,10-14,20H2,1-2H3. The van der Waals surface area contributed by atoms with Gasteiger partial charge in [-0.3, -0.25) is 0 Å². The molecule has 0 saturated heterocycles. The zero-order chi connectivity index (χ0) is 15.1. The maximum Gasteiger partial charge on any atom is 0.119 e. The highest BCUT2D eigenvalue weighted by atomic mass is 16.5. The Kier molecular flexibility index (Phi) is 6.56. The third-order valence-corrected chi connectivity index (χ3v) is 5.16. The summed E-state index contributed by atoms with van der Waals surface area (Å²) < 4.78 is 5.81. The normalized spacial score (nSPS) is 26.0. The molecule has 1 aromatic rings. The Morgan fingerprint density at radius 2 is 1.90 bits per heavy atom. The lowest BCUT2D eigenvalue weighted by molar-refractivity contribution is 0.136. The predicted octanol–water partition coefficient (Wildman–Crippen LogP) is 4.49. The number of hydrogen-bond acceptors (Lipinski definition) is 2. The highest BCUT2D eigenvalue weighted by Crippen LogP contribution is 2.39. The fourth-order valence-electron chi connectivity index (χ4n) is 3.68. The molecule has 0 aromatic heterocycles. The quantitative estimate of drug-likeness (QED) is 0.750. The smallest absolute Gasteiger partial charge is 0.119 e. The molecule has 0 amide bonds. The number of para-hydroxylation sites is 1. The summed E-state index contributed by atoms with van der Waals surface area (Å²) in [6.45, 7) is 6.41. The molecule has 2 heteroatoms. The van der Waals surface area contributed by atoms with Gasteiger partial charge < -0.3 is 10.5 Å². The molecule has 0 spiro atoms. The van der Waals surface area contributed by atoms with Crippen LogP contribution >= 0.6 is 0 Å². The summed E-state index contributed by atoms with van der Waals surface area (Å²) in [6.07, 6.45) is 6.46. The summed E-state index contributed by atoms with van der Waals surface area (Å²) in [5.74, 6) is 4.23. The molecule has 0 heterocycles. The van der Waals surface area contributed by atoms with E-state index in [9.17, 15) is 0 Å². The number of ether oxygens (including phenoxy) is 1. The van der Waals surface area contributed by atoms with Crippen molar-refractivity contribution >= 4 is 0 Å². The van der Waals surface area contributed by atoms with Gasteiger partial charge in [0, 0.05) is 0 Å². The topological polar surface area (TPSA) is 35.2 Å². The van der Waals surface area contributed by atoms with Crippen LogP contribution in [-0.2, 0) is 0 Å². The van der Waals surface area contributed by atoms with Gasteiger partial charge in [0.2, 0.25) is 0 Å². The van der Waals surface area contributed by atoms with E-state index >= 15 is 0 Å². The SMILES string of the molecule is CC(C)C1CCC(CN)C(CCCOc2ccccc2)C1. The first-order valence-electron chi connectivity index (χ1n) is 8.58. The molecule has 2 rings (SSSR count). The molecule has 1 saturated carbocycles. The number of hydrogen-bond donors (Lipinski definition) is 1. The van der Waals surface area contributed by atoms with Crippen molar-refractivity contribution in [3.63, 3.8) is 0 Å². The van der Waals surface area contributed by atoms with Crippen LogP contribution in [0, 0.1) is 23.7 Å². The van der Waals surface area contributed by atoms with Gasteiger partial charge in [0.05, 0.1) is 6.61 Å². The monoisotopic (exact) mass is 289 g/mol. The Morgan fingerprint density at radius 3 is 2.57 bits per heavy atom. The molecule has 1 aliphatic carbocycles. The molecule has 21 heavy (non-hydrogen) atoms. The van der Waals surface area contributed by atoms with Crippen LogP contribution in [0.2, 0.25) is 0 Å². The van der Waals surface area contributed by atoms with Gasteiger partial charge in [0.25, 0.3) is 0 Å². The minimum absolute atomic E-state index is 0.733. The third kappa shape index (κ3) is 5.03. The lowest BCUT2D eigenvalue weighted by Gasteiger charge is -2.37. The van der Waals surface area contributed by atoms with Crippen LogP contribution in [0.1, 0.15) is 46.0 Å². The Balaban J connectivity index is 1.74. The molecule has 2 nitrogen and oxygen atoms in total. The molecule has 3 unspecified atom stereocenters. The maximum absolute atomic E-state index is 5.98. The van der Waals surface area contributed by atoms with E-state index in [0.717, 1.165) is 49.0 Å². The molecule has 118 valence electrons. The summed E-state index contributed by atoms with van der Waals surface area (Å²) in [5, 5.41) is 0. The summed E-state index contributed by atoms with van der Waals surface area (Å²) in [7, 11) is 0. The van der Waals surface area contributed by atoms with Crippen LogP contribution in [0.3, 0.4) is 0 Å². The van der Waals surface area contributed by atoms with Gasteiger partial charge in [-0.2, -0.15) is 0 Å². The fourth-order valence-corrected chi connectivity index (χ4v) is 3.68. The number of nitrogens with two attached hydrogens (primary N) is 1. The van der Waals surface area contributed by atoms with Crippen molar-refractivity contribution in [2.75, 3.05) is 13.2 Å². The fraction of sp³-hybridized carbons (Fsp3) is 0.684. The van der Waals surface area contributed by atoms with Gasteiger partial charge in [-0.25, -0.2) is 0 Å². The summed E-state index contributed by atoms with van der Waals surface area (Å²) in [4.78, 5) is 0. The molecule has 1 aliphatic rings. The molecule has 2 N–H and O–H groups in total. The zero-order valence-electron chi connectivity index (χ0n) is 13.6. The Bertz CT molecular complexity index is 390. The molecule has 0 aliphatic heterocycles.